The molecule has 0 atom stereocenters. The summed E-state index contributed by atoms with van der Waals surface area (Å²) in [5.41, 5.74) is -0.480. The number of carbonyl (C=O) groups is 2. The van der Waals surface area contributed by atoms with Gasteiger partial charge in [0.1, 0.15) is 39.9 Å². The summed E-state index contributed by atoms with van der Waals surface area (Å²) in [7, 11) is 3.04. The third-order valence-corrected chi connectivity index (χ3v) is 6.40. The van der Waals surface area contributed by atoms with Gasteiger partial charge in [0.25, 0.3) is 11.5 Å². The highest BCUT2D eigenvalue weighted by molar-refractivity contribution is 7.97. The molecule has 9 nitrogen and oxygen atoms in total. The fourth-order valence-electron chi connectivity index (χ4n) is 4.23. The first kappa shape index (κ1) is 22.2. The zero-order chi connectivity index (χ0) is 22.9. The first-order valence-electron chi connectivity index (χ1n) is 10.2. The van der Waals surface area contributed by atoms with Crippen LogP contribution in [0.15, 0.2) is 23.0 Å². The van der Waals surface area contributed by atoms with Crippen molar-refractivity contribution < 1.29 is 23.8 Å². The number of methoxy groups -OCH3 is 2. The van der Waals surface area contributed by atoms with Gasteiger partial charge in [0.2, 0.25) is 0 Å². The fraction of sp³-hybridized carbons (Fsp3) is 0.455. The van der Waals surface area contributed by atoms with Crippen molar-refractivity contribution in [2.45, 2.75) is 30.6 Å². The fourth-order valence-corrected chi connectivity index (χ4v) is 4.64. The molecule has 1 amide bonds. The number of rotatable bonds is 5. The molecule has 0 bridgehead atoms. The maximum Gasteiger partial charge on any atom is 0.272 e. The van der Waals surface area contributed by atoms with E-state index in [0.29, 0.717) is 60.3 Å². The maximum absolute atomic E-state index is 13.0. The Morgan fingerprint density at radius 1 is 1.22 bits per heavy atom. The highest BCUT2D eigenvalue weighted by Crippen LogP contribution is 2.44. The number of nitrogens with one attached hydrogen (secondary N) is 1. The van der Waals surface area contributed by atoms with Crippen molar-refractivity contribution in [2.24, 2.45) is 0 Å². The Hall–Kier alpha value is -3.01. The number of hydrogen-bond acceptors (Lipinski definition) is 8. The van der Waals surface area contributed by atoms with Crippen molar-refractivity contribution in [1.82, 2.24) is 14.9 Å². The number of aromatic amines is 1. The lowest BCUT2D eigenvalue weighted by Gasteiger charge is -2.44. The maximum atomic E-state index is 13.0. The van der Waals surface area contributed by atoms with Crippen molar-refractivity contribution in [2.75, 3.05) is 33.6 Å². The van der Waals surface area contributed by atoms with Gasteiger partial charge in [-0.2, -0.15) is 11.8 Å². The zero-order valence-electron chi connectivity index (χ0n) is 18.2. The van der Waals surface area contributed by atoms with Crippen LogP contribution in [0.5, 0.6) is 17.2 Å². The lowest BCUT2D eigenvalue weighted by Crippen LogP contribution is -2.52. The van der Waals surface area contributed by atoms with E-state index in [9.17, 15) is 14.4 Å². The third kappa shape index (κ3) is 4.19. The van der Waals surface area contributed by atoms with Crippen LogP contribution < -0.4 is 19.8 Å². The van der Waals surface area contributed by atoms with Gasteiger partial charge in [0, 0.05) is 44.1 Å². The molecule has 3 heterocycles. The Kier molecular flexibility index (Phi) is 6.14. The molecule has 1 fully saturated rings. The second-order valence-corrected chi connectivity index (χ2v) is 8.76. The second kappa shape index (κ2) is 8.85. The molecule has 10 heteroatoms. The molecule has 170 valence electrons. The van der Waals surface area contributed by atoms with E-state index in [4.69, 9.17) is 14.2 Å². The molecule has 1 spiro atoms. The first-order chi connectivity index (χ1) is 15.4. The van der Waals surface area contributed by atoms with Crippen LogP contribution in [0.4, 0.5) is 0 Å². The molecular weight excluding hydrogens is 434 g/mol. The molecular formula is C22H25N3O6S. The lowest BCUT2D eigenvalue weighted by atomic mass is 9.82. The van der Waals surface area contributed by atoms with Gasteiger partial charge >= 0.3 is 0 Å². The summed E-state index contributed by atoms with van der Waals surface area (Å²) in [4.78, 5) is 46.5. The Bertz CT molecular complexity index is 1110. The van der Waals surface area contributed by atoms with E-state index in [1.165, 1.54) is 24.9 Å². The van der Waals surface area contributed by atoms with Gasteiger partial charge in [-0.3, -0.25) is 14.4 Å². The number of H-pyrrole nitrogens is 1. The van der Waals surface area contributed by atoms with E-state index in [1.54, 1.807) is 24.1 Å². The summed E-state index contributed by atoms with van der Waals surface area (Å²) >= 11 is 1.51. The van der Waals surface area contributed by atoms with Gasteiger partial charge in [-0.15, -0.1) is 0 Å². The van der Waals surface area contributed by atoms with Gasteiger partial charge in [-0.05, 0) is 6.26 Å². The van der Waals surface area contributed by atoms with Crippen LogP contribution in [-0.4, -0.2) is 65.7 Å². The first-order valence-corrected chi connectivity index (χ1v) is 11.6. The Labute approximate surface area is 189 Å². The van der Waals surface area contributed by atoms with E-state index >= 15 is 0 Å². The molecule has 0 saturated carbocycles. The van der Waals surface area contributed by atoms with Crippen LogP contribution in [0, 0.1) is 0 Å². The zero-order valence-corrected chi connectivity index (χ0v) is 19.0. The molecule has 1 N–H and O–H groups in total. The molecule has 0 unspecified atom stereocenters. The van der Waals surface area contributed by atoms with Crippen LogP contribution in [0.2, 0.25) is 0 Å². The Morgan fingerprint density at radius 3 is 2.62 bits per heavy atom. The van der Waals surface area contributed by atoms with Crippen LogP contribution in [0.25, 0.3) is 0 Å². The standard InChI is InChI=1S/C22H25N3O6S/c1-29-13-8-16(30-2)20-15(26)11-22(31-17(20)9-13)4-6-25(7-5-22)21(28)14-10-19(27)24-18(23-14)12-32-3/h8-10H,4-7,11-12H2,1-3H3,(H,23,24,27). The second-order valence-electron chi connectivity index (χ2n) is 7.89. The molecule has 1 aromatic carbocycles. The average Bonchev–Trinajstić information content (AvgIpc) is 2.78. The highest BCUT2D eigenvalue weighted by atomic mass is 32.2. The highest BCUT2D eigenvalue weighted by Gasteiger charge is 2.45. The molecule has 2 aromatic rings. The number of Topliss-reactive ketones (excluding diaryl/α,β-unsaturated/α-hetero) is 1. The predicted octanol–water partition coefficient (Wildman–Crippen LogP) is 2.29. The van der Waals surface area contributed by atoms with Gasteiger partial charge in [-0.1, -0.05) is 0 Å². The molecule has 2 aliphatic heterocycles. The average molecular weight is 460 g/mol. The van der Waals surface area contributed by atoms with Crippen LogP contribution in [-0.2, 0) is 5.75 Å². The molecule has 0 aliphatic carbocycles. The number of amides is 1. The van der Waals surface area contributed by atoms with Crippen LogP contribution in [0.3, 0.4) is 0 Å². The summed E-state index contributed by atoms with van der Waals surface area (Å²) in [5.74, 6) is 2.05. The topological polar surface area (TPSA) is 111 Å². The summed E-state index contributed by atoms with van der Waals surface area (Å²) in [5, 5.41) is 0. The predicted molar refractivity (Wildman–Crippen MR) is 119 cm³/mol. The number of piperidine rings is 1. The Balaban J connectivity index is 1.52. The van der Waals surface area contributed by atoms with Gasteiger partial charge in [0.15, 0.2) is 5.78 Å². The van der Waals surface area contributed by atoms with E-state index < -0.39 is 5.60 Å². The van der Waals surface area contributed by atoms with Gasteiger partial charge in [0.05, 0.1) is 26.4 Å². The number of carbonyl (C=O) groups excluding carboxylic acids is 2. The summed E-state index contributed by atoms with van der Waals surface area (Å²) in [6, 6.07) is 4.59. The molecule has 1 aromatic heterocycles. The number of nitrogens with zero attached hydrogens (tertiary/aromatic N) is 2. The SMILES string of the molecule is COc1cc(OC)c2c(c1)OC1(CCN(C(=O)c3cc(=O)[nH]c(CSC)n3)CC1)CC2=O. The number of thioether (sulfide) groups is 1. The van der Waals surface area contributed by atoms with Crippen LogP contribution in [0.1, 0.15) is 45.9 Å². The van der Waals surface area contributed by atoms with E-state index in [1.807, 2.05) is 6.26 Å². The van der Waals surface area contributed by atoms with E-state index in [2.05, 4.69) is 9.97 Å². The minimum atomic E-state index is -0.691. The van der Waals surface area contributed by atoms with Crippen molar-refractivity contribution in [1.29, 1.82) is 0 Å². The van der Waals surface area contributed by atoms with E-state index in [-0.39, 0.29) is 29.4 Å². The minimum absolute atomic E-state index is 0.0523. The van der Waals surface area contributed by atoms with Gasteiger partial charge < -0.3 is 24.1 Å². The molecule has 32 heavy (non-hydrogen) atoms. The summed E-state index contributed by atoms with van der Waals surface area (Å²) in [6.07, 6.45) is 3.09. The summed E-state index contributed by atoms with van der Waals surface area (Å²) < 4.78 is 17.0. The van der Waals surface area contributed by atoms with Crippen molar-refractivity contribution in [3.05, 3.63) is 45.6 Å². The molecule has 0 radical (unpaired) electrons. The van der Waals surface area contributed by atoms with Crippen molar-refractivity contribution >= 4 is 23.5 Å². The minimum Gasteiger partial charge on any atom is -0.496 e. The third-order valence-electron chi connectivity index (χ3n) is 5.84. The smallest absolute Gasteiger partial charge is 0.272 e. The number of ether oxygens (including phenoxy) is 3. The van der Waals surface area contributed by atoms with Gasteiger partial charge in [-0.25, -0.2) is 4.98 Å². The summed E-state index contributed by atoms with van der Waals surface area (Å²) in [6.45, 7) is 0.795. The van der Waals surface area contributed by atoms with E-state index in [0.717, 1.165) is 0 Å². The normalized spacial score (nSPS) is 17.0. The number of likely N-dealkylation sites (tertiary alicyclic amines) is 1. The van der Waals surface area contributed by atoms with Crippen LogP contribution >= 0.6 is 11.8 Å². The number of ketones is 1. The number of hydrogen-bond donors (Lipinski definition) is 1. The monoisotopic (exact) mass is 459 g/mol. The molecule has 4 rings (SSSR count). The number of fused-ring (bicyclic) bond motifs is 1. The van der Waals surface area contributed by atoms with Crippen molar-refractivity contribution in [3.63, 3.8) is 0 Å². The quantitative estimate of drug-likeness (QED) is 0.725. The number of aromatic nitrogens is 2. The molecule has 2 aliphatic rings. The largest absolute Gasteiger partial charge is 0.496 e. The Morgan fingerprint density at radius 2 is 1.97 bits per heavy atom. The van der Waals surface area contributed by atoms with Crippen molar-refractivity contribution in [3.8, 4) is 17.2 Å². The lowest BCUT2D eigenvalue weighted by molar-refractivity contribution is -0.00626. The number of benzene rings is 1. The molecule has 1 saturated heterocycles.